The third kappa shape index (κ3) is 4.64. The molecule has 0 aliphatic rings. The summed E-state index contributed by atoms with van der Waals surface area (Å²) in [6.45, 7) is 10.4. The van der Waals surface area contributed by atoms with Crippen LogP contribution in [-0.2, 0) is 0 Å². The maximum atomic E-state index is 13.7. The number of furan rings is 1. The zero-order valence-electron chi connectivity index (χ0n) is 24.5. The summed E-state index contributed by atoms with van der Waals surface area (Å²) in [7, 11) is 1.62. The van der Waals surface area contributed by atoms with E-state index >= 15 is 0 Å². The number of aromatic nitrogens is 3. The fourth-order valence-corrected chi connectivity index (χ4v) is 5.55. The Labute approximate surface area is 244 Å². The standard InChI is InChI=1S/C34H33N5O3/c1-6-37(7-2)25-15-17-26(18-16-25)38-22(3)19-24(23(38)4)21-35-39-33(36-29-12-9-8-11-27(29)34(39)40)32-20-28-30(41-5)13-10-14-31(28)42-32/h8-21H,6-7H2,1-5H3. The van der Waals surface area contributed by atoms with Gasteiger partial charge in [-0.1, -0.05) is 18.2 Å². The molecule has 0 bridgehead atoms. The van der Waals surface area contributed by atoms with Gasteiger partial charge in [-0.2, -0.15) is 9.78 Å². The minimum Gasteiger partial charge on any atom is -0.496 e. The van der Waals surface area contributed by atoms with Crippen molar-refractivity contribution in [2.24, 2.45) is 5.10 Å². The van der Waals surface area contributed by atoms with Gasteiger partial charge in [-0.25, -0.2) is 4.98 Å². The number of fused-ring (bicyclic) bond motifs is 2. The number of rotatable bonds is 8. The molecule has 8 nitrogen and oxygen atoms in total. The molecule has 0 N–H and O–H groups in total. The van der Waals surface area contributed by atoms with Gasteiger partial charge in [-0.05, 0) is 88.4 Å². The van der Waals surface area contributed by atoms with Crippen molar-refractivity contribution in [1.29, 1.82) is 0 Å². The third-order valence-corrected chi connectivity index (χ3v) is 7.73. The first-order valence-electron chi connectivity index (χ1n) is 14.1. The molecule has 6 rings (SSSR count). The topological polar surface area (TPSA) is 77.8 Å². The first-order chi connectivity index (χ1) is 20.4. The first-order valence-corrected chi connectivity index (χ1v) is 14.1. The van der Waals surface area contributed by atoms with Crippen molar-refractivity contribution >= 4 is 33.8 Å². The molecule has 0 aliphatic carbocycles. The van der Waals surface area contributed by atoms with E-state index in [0.29, 0.717) is 33.8 Å². The predicted molar refractivity (Wildman–Crippen MR) is 170 cm³/mol. The maximum Gasteiger partial charge on any atom is 0.282 e. The first kappa shape index (κ1) is 27.1. The molecule has 0 unspecified atom stereocenters. The van der Waals surface area contributed by atoms with Gasteiger partial charge < -0.3 is 18.6 Å². The Hall–Kier alpha value is -5.11. The predicted octanol–water partition coefficient (Wildman–Crippen LogP) is 6.95. The van der Waals surface area contributed by atoms with Crippen LogP contribution in [0.1, 0.15) is 30.8 Å². The Bertz CT molecular complexity index is 1990. The van der Waals surface area contributed by atoms with Crippen molar-refractivity contribution in [3.63, 3.8) is 0 Å². The van der Waals surface area contributed by atoms with Crippen LogP contribution in [0, 0.1) is 13.8 Å². The highest BCUT2D eigenvalue weighted by Crippen LogP contribution is 2.33. The summed E-state index contributed by atoms with van der Waals surface area (Å²) in [6, 6.07) is 25.3. The molecule has 0 atom stereocenters. The SMILES string of the molecule is CCN(CC)c1ccc(-n2c(C)cc(C=Nn3c(-c4cc5c(OC)cccc5o4)nc4ccccc4c3=O)c2C)cc1. The summed E-state index contributed by atoms with van der Waals surface area (Å²) >= 11 is 0. The highest BCUT2D eigenvalue weighted by atomic mass is 16.5. The second-order valence-electron chi connectivity index (χ2n) is 10.1. The van der Waals surface area contributed by atoms with E-state index in [2.05, 4.69) is 72.6 Å². The Kier molecular flexibility index (Phi) is 7.12. The lowest BCUT2D eigenvalue weighted by Gasteiger charge is -2.21. The quantitative estimate of drug-likeness (QED) is 0.189. The van der Waals surface area contributed by atoms with Gasteiger partial charge >= 0.3 is 0 Å². The largest absolute Gasteiger partial charge is 0.496 e. The molecule has 3 aromatic carbocycles. The number of para-hydroxylation sites is 1. The van der Waals surface area contributed by atoms with Gasteiger partial charge in [0.25, 0.3) is 5.56 Å². The Morgan fingerprint density at radius 1 is 0.952 bits per heavy atom. The second kappa shape index (κ2) is 11.0. The molecule has 0 amide bonds. The van der Waals surface area contributed by atoms with Crippen LogP contribution >= 0.6 is 0 Å². The average Bonchev–Trinajstić information content (AvgIpc) is 3.57. The van der Waals surface area contributed by atoms with Crippen molar-refractivity contribution in [2.45, 2.75) is 27.7 Å². The molecule has 0 radical (unpaired) electrons. The molecular weight excluding hydrogens is 526 g/mol. The van der Waals surface area contributed by atoms with E-state index in [1.54, 1.807) is 19.4 Å². The van der Waals surface area contributed by atoms with E-state index in [-0.39, 0.29) is 5.56 Å². The van der Waals surface area contributed by atoms with Crippen LogP contribution in [0.3, 0.4) is 0 Å². The van der Waals surface area contributed by atoms with E-state index in [4.69, 9.17) is 14.1 Å². The summed E-state index contributed by atoms with van der Waals surface area (Å²) in [5, 5.41) is 5.96. The molecule has 8 heteroatoms. The molecule has 0 spiro atoms. The monoisotopic (exact) mass is 559 g/mol. The van der Waals surface area contributed by atoms with Gasteiger partial charge in [-0.3, -0.25) is 4.79 Å². The second-order valence-corrected chi connectivity index (χ2v) is 10.1. The number of benzene rings is 3. The molecule has 0 saturated heterocycles. The Morgan fingerprint density at radius 3 is 2.45 bits per heavy atom. The zero-order chi connectivity index (χ0) is 29.4. The molecule has 0 fully saturated rings. The summed E-state index contributed by atoms with van der Waals surface area (Å²) < 4.78 is 15.2. The van der Waals surface area contributed by atoms with E-state index in [0.717, 1.165) is 41.1 Å². The van der Waals surface area contributed by atoms with E-state index in [9.17, 15) is 4.79 Å². The van der Waals surface area contributed by atoms with Gasteiger partial charge in [-0.15, -0.1) is 0 Å². The van der Waals surface area contributed by atoms with Crippen molar-refractivity contribution < 1.29 is 9.15 Å². The summed E-state index contributed by atoms with van der Waals surface area (Å²) in [5.41, 5.74) is 6.19. The van der Waals surface area contributed by atoms with Gasteiger partial charge in [0.1, 0.15) is 11.3 Å². The van der Waals surface area contributed by atoms with Crippen molar-refractivity contribution in [1.82, 2.24) is 14.2 Å². The number of hydrogen-bond acceptors (Lipinski definition) is 6. The molecule has 212 valence electrons. The van der Waals surface area contributed by atoms with E-state index < -0.39 is 0 Å². The van der Waals surface area contributed by atoms with Crippen LogP contribution in [0.2, 0.25) is 0 Å². The molecular formula is C34H33N5O3. The Balaban J connectivity index is 1.44. The number of anilines is 1. The fraction of sp³-hybridized carbons (Fsp3) is 0.206. The van der Waals surface area contributed by atoms with Crippen LogP contribution in [-0.4, -0.2) is 40.6 Å². The summed E-state index contributed by atoms with van der Waals surface area (Å²) in [6.07, 6.45) is 1.72. The van der Waals surface area contributed by atoms with Crippen LogP contribution in [0.4, 0.5) is 5.69 Å². The summed E-state index contributed by atoms with van der Waals surface area (Å²) in [5.74, 6) is 1.42. The number of ether oxygens (including phenoxy) is 1. The van der Waals surface area contributed by atoms with Crippen LogP contribution in [0.25, 0.3) is 39.1 Å². The third-order valence-electron chi connectivity index (χ3n) is 7.73. The molecule has 3 aromatic heterocycles. The molecule has 0 aliphatic heterocycles. The number of hydrogen-bond donors (Lipinski definition) is 0. The number of aryl methyl sites for hydroxylation is 1. The fourth-order valence-electron chi connectivity index (χ4n) is 5.55. The Morgan fingerprint density at radius 2 is 1.71 bits per heavy atom. The lowest BCUT2D eigenvalue weighted by atomic mass is 10.2. The van der Waals surface area contributed by atoms with Gasteiger partial charge in [0, 0.05) is 41.4 Å². The zero-order valence-corrected chi connectivity index (χ0v) is 24.5. The van der Waals surface area contributed by atoms with Crippen LogP contribution < -0.4 is 15.2 Å². The molecule has 6 aromatic rings. The lowest BCUT2D eigenvalue weighted by Crippen LogP contribution is -2.21. The van der Waals surface area contributed by atoms with Gasteiger partial charge in [0.05, 0.1) is 29.6 Å². The minimum absolute atomic E-state index is 0.278. The van der Waals surface area contributed by atoms with Crippen LogP contribution in [0.5, 0.6) is 5.75 Å². The van der Waals surface area contributed by atoms with Gasteiger partial charge in [0.2, 0.25) is 5.82 Å². The average molecular weight is 560 g/mol. The van der Waals surface area contributed by atoms with Crippen LogP contribution in [0.15, 0.2) is 93.2 Å². The smallest absolute Gasteiger partial charge is 0.282 e. The normalized spacial score (nSPS) is 11.6. The highest BCUT2D eigenvalue weighted by Gasteiger charge is 2.18. The van der Waals surface area contributed by atoms with Gasteiger partial charge in [0.15, 0.2) is 5.76 Å². The molecule has 42 heavy (non-hydrogen) atoms. The lowest BCUT2D eigenvalue weighted by molar-refractivity contribution is 0.419. The number of nitrogens with zero attached hydrogens (tertiary/aromatic N) is 5. The van der Waals surface area contributed by atoms with Crippen molar-refractivity contribution in [2.75, 3.05) is 25.1 Å². The summed E-state index contributed by atoms with van der Waals surface area (Å²) in [4.78, 5) is 20.9. The molecule has 0 saturated carbocycles. The van der Waals surface area contributed by atoms with E-state index in [1.807, 2.05) is 42.5 Å². The van der Waals surface area contributed by atoms with E-state index in [1.165, 1.54) is 10.4 Å². The maximum absolute atomic E-state index is 13.7. The van der Waals surface area contributed by atoms with Crippen molar-refractivity contribution in [3.8, 4) is 23.0 Å². The molecule has 3 heterocycles. The van der Waals surface area contributed by atoms with Crippen molar-refractivity contribution in [3.05, 3.63) is 106 Å². The minimum atomic E-state index is -0.278. The number of methoxy groups -OCH3 is 1. The highest BCUT2D eigenvalue weighted by molar-refractivity contribution is 5.89.